The number of nitriles is 1. The summed E-state index contributed by atoms with van der Waals surface area (Å²) >= 11 is 0. The zero-order chi connectivity index (χ0) is 10.2. The van der Waals surface area contributed by atoms with Gasteiger partial charge in [0.15, 0.2) is 0 Å². The Labute approximate surface area is 81.3 Å². The molecule has 3 N–H and O–H groups in total. The van der Waals surface area contributed by atoms with Crippen molar-refractivity contribution in [2.24, 2.45) is 11.1 Å². The summed E-state index contributed by atoms with van der Waals surface area (Å²) in [6.07, 6.45) is 2.62. The van der Waals surface area contributed by atoms with E-state index in [-0.39, 0.29) is 5.41 Å². The van der Waals surface area contributed by atoms with Crippen LogP contribution in [0.4, 0.5) is 0 Å². The molecule has 0 aromatic carbocycles. The van der Waals surface area contributed by atoms with E-state index in [1.54, 1.807) is 0 Å². The molecule has 0 aliphatic carbocycles. The molecule has 0 radical (unpaired) electrons. The Kier molecular flexibility index (Phi) is 6.56. The maximum atomic E-state index is 8.45. The van der Waals surface area contributed by atoms with Gasteiger partial charge in [-0.05, 0) is 31.3 Å². The molecule has 0 heterocycles. The van der Waals surface area contributed by atoms with Gasteiger partial charge in [0.2, 0.25) is 0 Å². The quantitative estimate of drug-likeness (QED) is 0.584. The van der Waals surface area contributed by atoms with Crippen LogP contribution < -0.4 is 11.1 Å². The normalized spacial score (nSPS) is 11.2. The molecule has 0 atom stereocenters. The molecule has 0 unspecified atom stereocenters. The van der Waals surface area contributed by atoms with E-state index >= 15 is 0 Å². The summed E-state index contributed by atoms with van der Waals surface area (Å²) in [6.45, 7) is 7.05. The number of rotatable bonds is 7. The van der Waals surface area contributed by atoms with E-state index in [0.29, 0.717) is 6.42 Å². The number of hydrogen-bond acceptors (Lipinski definition) is 3. The molecule has 13 heavy (non-hydrogen) atoms. The highest BCUT2D eigenvalue weighted by Crippen LogP contribution is 2.20. The molecular weight excluding hydrogens is 162 g/mol. The van der Waals surface area contributed by atoms with Gasteiger partial charge >= 0.3 is 0 Å². The van der Waals surface area contributed by atoms with E-state index in [9.17, 15) is 0 Å². The molecule has 0 saturated carbocycles. The van der Waals surface area contributed by atoms with Gasteiger partial charge in [0, 0.05) is 13.0 Å². The van der Waals surface area contributed by atoms with Crippen LogP contribution in [0, 0.1) is 16.7 Å². The summed E-state index contributed by atoms with van der Waals surface area (Å²) in [4.78, 5) is 0. The summed E-state index contributed by atoms with van der Waals surface area (Å²) in [5.74, 6) is 0. The van der Waals surface area contributed by atoms with Crippen molar-refractivity contribution in [3.8, 4) is 6.07 Å². The maximum absolute atomic E-state index is 8.45. The van der Waals surface area contributed by atoms with Crippen LogP contribution in [0.15, 0.2) is 0 Å². The van der Waals surface area contributed by atoms with E-state index in [1.165, 1.54) is 0 Å². The van der Waals surface area contributed by atoms with Crippen molar-refractivity contribution in [1.82, 2.24) is 5.32 Å². The third-order valence-electron chi connectivity index (χ3n) is 2.07. The third-order valence-corrected chi connectivity index (χ3v) is 2.07. The summed E-state index contributed by atoms with van der Waals surface area (Å²) in [7, 11) is 0. The summed E-state index contributed by atoms with van der Waals surface area (Å²) < 4.78 is 0. The topological polar surface area (TPSA) is 61.8 Å². The Morgan fingerprint density at radius 3 is 2.69 bits per heavy atom. The molecule has 0 aliphatic heterocycles. The van der Waals surface area contributed by atoms with Gasteiger partial charge in [-0.1, -0.05) is 13.8 Å². The Bertz CT molecular complexity index is 158. The van der Waals surface area contributed by atoms with Crippen molar-refractivity contribution in [3.63, 3.8) is 0 Å². The molecule has 0 rings (SSSR count). The summed E-state index contributed by atoms with van der Waals surface area (Å²) in [5, 5.41) is 11.8. The molecule has 0 aromatic heterocycles. The summed E-state index contributed by atoms with van der Waals surface area (Å²) in [6, 6.07) is 2.18. The minimum absolute atomic E-state index is 0.227. The number of nitrogens with zero attached hydrogens (tertiary/aromatic N) is 1. The van der Waals surface area contributed by atoms with Gasteiger partial charge < -0.3 is 11.1 Å². The third kappa shape index (κ3) is 7.76. The fraction of sp³-hybridized carbons (Fsp3) is 0.900. The van der Waals surface area contributed by atoms with Crippen molar-refractivity contribution < 1.29 is 0 Å². The van der Waals surface area contributed by atoms with Crippen LogP contribution in [0.25, 0.3) is 0 Å². The second kappa shape index (κ2) is 6.88. The van der Waals surface area contributed by atoms with Crippen molar-refractivity contribution in [2.45, 2.75) is 33.1 Å². The molecule has 76 valence electrons. The molecule has 0 amide bonds. The van der Waals surface area contributed by atoms with Gasteiger partial charge in [0.05, 0.1) is 6.07 Å². The molecule has 0 bridgehead atoms. The Morgan fingerprint density at radius 2 is 2.15 bits per heavy atom. The number of hydrogen-bond donors (Lipinski definition) is 2. The number of nitrogens with one attached hydrogen (secondary N) is 1. The molecule has 0 aliphatic rings. The minimum Gasteiger partial charge on any atom is -0.330 e. The monoisotopic (exact) mass is 183 g/mol. The average Bonchev–Trinajstić information content (AvgIpc) is 2.09. The molecule has 0 saturated heterocycles. The number of nitrogens with two attached hydrogens (primary N) is 1. The van der Waals surface area contributed by atoms with Crippen LogP contribution in [-0.2, 0) is 0 Å². The van der Waals surface area contributed by atoms with Gasteiger partial charge in [-0.3, -0.25) is 0 Å². The lowest BCUT2D eigenvalue weighted by Gasteiger charge is -2.23. The Balaban J connectivity index is 3.45. The van der Waals surface area contributed by atoms with Crippen LogP contribution in [0.5, 0.6) is 0 Å². The first-order valence-corrected chi connectivity index (χ1v) is 4.90. The first-order chi connectivity index (χ1) is 6.12. The van der Waals surface area contributed by atoms with Crippen LogP contribution in [0.1, 0.15) is 33.1 Å². The van der Waals surface area contributed by atoms with Crippen LogP contribution in [0.2, 0.25) is 0 Å². The van der Waals surface area contributed by atoms with Crippen molar-refractivity contribution in [2.75, 3.05) is 19.6 Å². The molecule has 3 nitrogen and oxygen atoms in total. The Morgan fingerprint density at radius 1 is 1.46 bits per heavy atom. The van der Waals surface area contributed by atoms with Crippen LogP contribution in [-0.4, -0.2) is 19.6 Å². The van der Waals surface area contributed by atoms with Gasteiger partial charge in [-0.2, -0.15) is 5.26 Å². The lowest BCUT2D eigenvalue weighted by Crippen LogP contribution is -2.30. The first-order valence-electron chi connectivity index (χ1n) is 4.90. The largest absolute Gasteiger partial charge is 0.330 e. The highest BCUT2D eigenvalue weighted by atomic mass is 14.9. The van der Waals surface area contributed by atoms with Gasteiger partial charge in [-0.25, -0.2) is 0 Å². The van der Waals surface area contributed by atoms with E-state index in [2.05, 4.69) is 25.2 Å². The van der Waals surface area contributed by atoms with E-state index in [1.807, 2.05) is 0 Å². The van der Waals surface area contributed by atoms with Crippen molar-refractivity contribution in [1.29, 1.82) is 5.26 Å². The predicted octanol–water partition coefficient (Wildman–Crippen LogP) is 1.25. The zero-order valence-electron chi connectivity index (χ0n) is 8.77. The fourth-order valence-electron chi connectivity index (χ4n) is 1.14. The van der Waals surface area contributed by atoms with Gasteiger partial charge in [0.25, 0.3) is 0 Å². The average molecular weight is 183 g/mol. The fourth-order valence-corrected chi connectivity index (χ4v) is 1.14. The zero-order valence-corrected chi connectivity index (χ0v) is 8.77. The minimum atomic E-state index is 0.227. The standard InChI is InChI=1S/C10H21N3/c1-10(2,5-3-6-11)9-13-8-4-7-12/h13H,3-5,7-9,12H2,1-2H3. The predicted molar refractivity (Wildman–Crippen MR) is 55.2 cm³/mol. The van der Waals surface area contributed by atoms with Crippen molar-refractivity contribution in [3.05, 3.63) is 0 Å². The molecular formula is C10H21N3. The molecule has 3 heteroatoms. The maximum Gasteiger partial charge on any atom is 0.0621 e. The van der Waals surface area contributed by atoms with E-state index in [0.717, 1.165) is 32.5 Å². The molecule has 0 aromatic rings. The highest BCUT2D eigenvalue weighted by Gasteiger charge is 2.16. The van der Waals surface area contributed by atoms with Gasteiger partial charge in [-0.15, -0.1) is 0 Å². The van der Waals surface area contributed by atoms with Crippen LogP contribution in [0.3, 0.4) is 0 Å². The van der Waals surface area contributed by atoms with Crippen molar-refractivity contribution >= 4 is 0 Å². The second-order valence-corrected chi connectivity index (χ2v) is 4.14. The molecule has 0 spiro atoms. The smallest absolute Gasteiger partial charge is 0.0621 e. The van der Waals surface area contributed by atoms with Crippen LogP contribution >= 0.6 is 0 Å². The van der Waals surface area contributed by atoms with E-state index < -0.39 is 0 Å². The van der Waals surface area contributed by atoms with E-state index in [4.69, 9.17) is 11.0 Å². The first kappa shape index (κ1) is 12.4. The summed E-state index contributed by atoms with van der Waals surface area (Å²) in [5.41, 5.74) is 5.60. The lowest BCUT2D eigenvalue weighted by atomic mass is 9.88. The lowest BCUT2D eigenvalue weighted by molar-refractivity contribution is 0.318. The second-order valence-electron chi connectivity index (χ2n) is 4.14. The van der Waals surface area contributed by atoms with Gasteiger partial charge in [0.1, 0.15) is 0 Å². The highest BCUT2D eigenvalue weighted by molar-refractivity contribution is 4.78. The Hall–Kier alpha value is -0.590. The molecule has 0 fully saturated rings. The SMILES string of the molecule is CC(C)(CCC#N)CNCCCN.